The van der Waals surface area contributed by atoms with E-state index in [1.165, 1.54) is 11.6 Å². The first-order chi connectivity index (χ1) is 16.4. The predicted molar refractivity (Wildman–Crippen MR) is 132 cm³/mol. The molecular formula is C29H30FNO3. The molecule has 1 unspecified atom stereocenters. The van der Waals surface area contributed by atoms with Crippen LogP contribution in [0.3, 0.4) is 0 Å². The molecular weight excluding hydrogens is 429 g/mol. The minimum atomic E-state index is -0.729. The van der Waals surface area contributed by atoms with E-state index < -0.39 is 11.9 Å². The summed E-state index contributed by atoms with van der Waals surface area (Å²) < 4.78 is 19.6. The summed E-state index contributed by atoms with van der Waals surface area (Å²) in [6.45, 7) is 1.83. The van der Waals surface area contributed by atoms with Crippen LogP contribution in [0.15, 0.2) is 60.7 Å². The molecule has 0 radical (unpaired) electrons. The number of benzene rings is 3. The molecule has 0 spiro atoms. The SMILES string of the molecule is COc1ccc(F)c(-c2ccc(C3CCc4ccc([C@H](C5CC5)[C@H](C)C(=O)O)cc4N3)cc2)c1. The zero-order valence-electron chi connectivity index (χ0n) is 19.6. The Labute approximate surface area is 199 Å². The van der Waals surface area contributed by atoms with Gasteiger partial charge in [-0.15, -0.1) is 0 Å². The third kappa shape index (κ3) is 4.39. The third-order valence-corrected chi connectivity index (χ3v) is 7.41. The first kappa shape index (κ1) is 22.5. The number of carboxylic acid groups (broad SMARTS) is 1. The number of halogens is 1. The number of methoxy groups -OCH3 is 1. The number of aliphatic carboxylic acids is 1. The van der Waals surface area contributed by atoms with Crippen molar-refractivity contribution in [3.63, 3.8) is 0 Å². The lowest BCUT2D eigenvalue weighted by molar-refractivity contribution is -0.142. The Bertz CT molecular complexity index is 1200. The molecule has 0 amide bonds. The number of nitrogens with one attached hydrogen (secondary N) is 1. The molecule has 3 atom stereocenters. The Balaban J connectivity index is 1.37. The van der Waals surface area contributed by atoms with E-state index in [0.717, 1.165) is 48.1 Å². The molecule has 1 heterocycles. The van der Waals surface area contributed by atoms with Crippen molar-refractivity contribution in [3.8, 4) is 16.9 Å². The molecule has 1 fully saturated rings. The largest absolute Gasteiger partial charge is 0.497 e. The van der Waals surface area contributed by atoms with Gasteiger partial charge in [0.2, 0.25) is 0 Å². The molecule has 1 aliphatic carbocycles. The number of hydrogen-bond donors (Lipinski definition) is 2. The molecule has 34 heavy (non-hydrogen) atoms. The van der Waals surface area contributed by atoms with Crippen LogP contribution >= 0.6 is 0 Å². The van der Waals surface area contributed by atoms with E-state index in [4.69, 9.17) is 4.74 Å². The second-order valence-corrected chi connectivity index (χ2v) is 9.61. The normalized spacial score (nSPS) is 19.0. The number of anilines is 1. The molecule has 1 saturated carbocycles. The van der Waals surface area contributed by atoms with E-state index >= 15 is 0 Å². The van der Waals surface area contributed by atoms with Crippen molar-refractivity contribution in [1.29, 1.82) is 0 Å². The molecule has 1 aliphatic heterocycles. The number of aryl methyl sites for hydroxylation is 1. The standard InChI is InChI=1S/C29H30FNO3/c1-17(29(32)33)28(21-8-9-21)22-10-7-20-11-14-26(31-27(20)15-22)19-5-3-18(4-6-19)24-16-23(34-2)12-13-25(24)30/h3-7,10,12-13,15-17,21,26,28,31H,8-9,11,14H2,1-2H3,(H,32,33)/t17-,26?,28-/m0/s1. The maximum absolute atomic E-state index is 14.4. The lowest BCUT2D eigenvalue weighted by Gasteiger charge is -2.30. The molecule has 0 bridgehead atoms. The van der Waals surface area contributed by atoms with Crippen LogP contribution in [0.1, 0.15) is 54.8 Å². The quantitative estimate of drug-likeness (QED) is 0.407. The van der Waals surface area contributed by atoms with Gasteiger partial charge in [-0.3, -0.25) is 4.79 Å². The molecule has 4 nitrogen and oxygen atoms in total. The van der Waals surface area contributed by atoms with Crippen LogP contribution in [0.5, 0.6) is 5.75 Å². The van der Waals surface area contributed by atoms with Crippen LogP contribution in [0.2, 0.25) is 0 Å². The highest BCUT2D eigenvalue weighted by Gasteiger charge is 2.39. The Morgan fingerprint density at radius 2 is 1.82 bits per heavy atom. The lowest BCUT2D eigenvalue weighted by Crippen LogP contribution is -2.22. The smallest absolute Gasteiger partial charge is 0.306 e. The monoisotopic (exact) mass is 459 g/mol. The van der Waals surface area contributed by atoms with Crippen molar-refractivity contribution in [2.24, 2.45) is 11.8 Å². The number of fused-ring (bicyclic) bond motifs is 1. The highest BCUT2D eigenvalue weighted by molar-refractivity contribution is 5.71. The van der Waals surface area contributed by atoms with Crippen LogP contribution in [0, 0.1) is 17.7 Å². The topological polar surface area (TPSA) is 58.6 Å². The summed E-state index contributed by atoms with van der Waals surface area (Å²) in [5, 5.41) is 13.3. The van der Waals surface area contributed by atoms with E-state index in [9.17, 15) is 14.3 Å². The molecule has 176 valence electrons. The van der Waals surface area contributed by atoms with Gasteiger partial charge >= 0.3 is 5.97 Å². The van der Waals surface area contributed by atoms with Crippen LogP contribution in [-0.2, 0) is 11.2 Å². The molecule has 5 heteroatoms. The van der Waals surface area contributed by atoms with Gasteiger partial charge in [0.05, 0.1) is 19.1 Å². The van der Waals surface area contributed by atoms with E-state index in [-0.39, 0.29) is 17.8 Å². The fraction of sp³-hybridized carbons (Fsp3) is 0.345. The summed E-state index contributed by atoms with van der Waals surface area (Å²) >= 11 is 0. The van der Waals surface area contributed by atoms with Crippen molar-refractivity contribution in [2.45, 2.75) is 44.6 Å². The minimum Gasteiger partial charge on any atom is -0.497 e. The molecule has 5 rings (SSSR count). The van der Waals surface area contributed by atoms with Crippen LogP contribution in [-0.4, -0.2) is 18.2 Å². The van der Waals surface area contributed by atoms with E-state index in [1.807, 2.05) is 19.1 Å². The maximum atomic E-state index is 14.4. The average Bonchev–Trinajstić information content (AvgIpc) is 3.69. The third-order valence-electron chi connectivity index (χ3n) is 7.41. The summed E-state index contributed by atoms with van der Waals surface area (Å²) in [5.41, 5.74) is 5.98. The fourth-order valence-corrected chi connectivity index (χ4v) is 5.29. The summed E-state index contributed by atoms with van der Waals surface area (Å²) in [4.78, 5) is 11.7. The van der Waals surface area contributed by atoms with Gasteiger partial charge in [0.1, 0.15) is 11.6 Å². The summed E-state index contributed by atoms with van der Waals surface area (Å²) in [6, 6.07) is 19.4. The number of rotatable bonds is 7. The average molecular weight is 460 g/mol. The lowest BCUT2D eigenvalue weighted by atomic mass is 9.82. The molecule has 3 aromatic rings. The number of carbonyl (C=O) groups is 1. The van der Waals surface area contributed by atoms with E-state index in [2.05, 4.69) is 35.6 Å². The Hall–Kier alpha value is -3.34. The van der Waals surface area contributed by atoms with Gasteiger partial charge in [-0.2, -0.15) is 0 Å². The Morgan fingerprint density at radius 3 is 2.50 bits per heavy atom. The van der Waals surface area contributed by atoms with Crippen LogP contribution in [0.25, 0.3) is 11.1 Å². The van der Waals surface area contributed by atoms with Gasteiger partial charge < -0.3 is 15.2 Å². The minimum absolute atomic E-state index is 0.0574. The van der Waals surface area contributed by atoms with Crippen molar-refractivity contribution < 1.29 is 19.0 Å². The van der Waals surface area contributed by atoms with Crippen LogP contribution in [0.4, 0.5) is 10.1 Å². The van der Waals surface area contributed by atoms with Crippen molar-refractivity contribution in [2.75, 3.05) is 12.4 Å². The number of ether oxygens (including phenoxy) is 1. The highest BCUT2D eigenvalue weighted by atomic mass is 19.1. The summed E-state index contributed by atoms with van der Waals surface area (Å²) in [7, 11) is 1.58. The molecule has 0 saturated heterocycles. The van der Waals surface area contributed by atoms with Gasteiger partial charge in [-0.05, 0) is 84.0 Å². The second kappa shape index (κ2) is 9.13. The maximum Gasteiger partial charge on any atom is 0.306 e. The number of carboxylic acids is 1. The van der Waals surface area contributed by atoms with E-state index in [0.29, 0.717) is 17.2 Å². The second-order valence-electron chi connectivity index (χ2n) is 9.61. The summed E-state index contributed by atoms with van der Waals surface area (Å²) in [6.07, 6.45) is 4.14. The molecule has 0 aromatic heterocycles. The van der Waals surface area contributed by atoms with Crippen molar-refractivity contribution in [1.82, 2.24) is 0 Å². The van der Waals surface area contributed by atoms with Gasteiger partial charge in [0, 0.05) is 11.3 Å². The highest BCUT2D eigenvalue weighted by Crippen LogP contribution is 2.48. The van der Waals surface area contributed by atoms with Crippen LogP contribution < -0.4 is 10.1 Å². The Kier molecular flexibility index (Phi) is 6.03. The molecule has 2 aliphatic rings. The molecule has 3 aromatic carbocycles. The predicted octanol–water partition coefficient (Wildman–Crippen LogP) is 6.82. The Morgan fingerprint density at radius 1 is 1.06 bits per heavy atom. The summed E-state index contributed by atoms with van der Waals surface area (Å²) in [5.74, 6) is -0.243. The van der Waals surface area contributed by atoms with Gasteiger partial charge in [-0.25, -0.2) is 4.39 Å². The fourth-order valence-electron chi connectivity index (χ4n) is 5.29. The van der Waals surface area contributed by atoms with Crippen molar-refractivity contribution in [3.05, 3.63) is 83.2 Å². The zero-order chi connectivity index (χ0) is 23.8. The van der Waals surface area contributed by atoms with Gasteiger partial charge in [0.15, 0.2) is 0 Å². The van der Waals surface area contributed by atoms with Crippen molar-refractivity contribution >= 4 is 11.7 Å². The zero-order valence-corrected chi connectivity index (χ0v) is 19.6. The van der Waals surface area contributed by atoms with E-state index in [1.54, 1.807) is 19.2 Å². The molecule has 2 N–H and O–H groups in total. The van der Waals surface area contributed by atoms with Gasteiger partial charge in [0.25, 0.3) is 0 Å². The van der Waals surface area contributed by atoms with Gasteiger partial charge in [-0.1, -0.05) is 43.3 Å². The number of hydrogen-bond acceptors (Lipinski definition) is 3. The first-order valence-corrected chi connectivity index (χ1v) is 12.0. The first-order valence-electron chi connectivity index (χ1n) is 12.0.